The molecular weight excluding hydrogens is 364 g/mol. The van der Waals surface area contributed by atoms with Gasteiger partial charge in [0.05, 0.1) is 22.7 Å². The van der Waals surface area contributed by atoms with Crippen LogP contribution in [0.4, 0.5) is 27.5 Å². The first-order chi connectivity index (χ1) is 13.4. The summed E-state index contributed by atoms with van der Waals surface area (Å²) >= 11 is 0. The van der Waals surface area contributed by atoms with Crippen LogP contribution < -0.4 is 9.80 Å². The topological polar surface area (TPSA) is 117 Å². The number of carbonyl (C=O) groups excluding carboxylic acids is 5. The maximum atomic E-state index is 12.8. The average molecular weight is 376 g/mol. The minimum absolute atomic E-state index is 0.0868. The van der Waals surface area contributed by atoms with Crippen LogP contribution in [0.15, 0.2) is 46.4 Å². The van der Waals surface area contributed by atoms with Gasteiger partial charge in [-0.1, -0.05) is 12.1 Å². The highest BCUT2D eigenvalue weighted by atomic mass is 16.2. The van der Waals surface area contributed by atoms with Gasteiger partial charge < -0.3 is 0 Å². The quantitative estimate of drug-likeness (QED) is 0.352. The predicted molar refractivity (Wildman–Crippen MR) is 98.3 cm³/mol. The number of imide groups is 2. The number of urea groups is 1. The molecule has 0 aliphatic carbocycles. The standard InChI is InChI=1S/C19H12N4O5/c1-11-3-5-13(7-15(11)20-9-24)22-17(26)18(27)23(19(22)28)14-6-4-12(2)16(8-14)21-10-25/h3-8H,1-2H3. The molecular formula is C19H12N4O5. The van der Waals surface area contributed by atoms with Crippen molar-refractivity contribution in [1.29, 1.82) is 0 Å². The highest BCUT2D eigenvalue weighted by molar-refractivity contribution is 6.60. The Hall–Kier alpha value is -4.19. The van der Waals surface area contributed by atoms with Gasteiger partial charge in [0.1, 0.15) is 0 Å². The largest absolute Gasteiger partial charge is 0.343 e. The second-order valence-electron chi connectivity index (χ2n) is 5.91. The maximum Gasteiger partial charge on any atom is 0.343 e. The first kappa shape index (κ1) is 18.6. The van der Waals surface area contributed by atoms with Crippen LogP contribution in [0, 0.1) is 13.8 Å². The molecule has 28 heavy (non-hydrogen) atoms. The summed E-state index contributed by atoms with van der Waals surface area (Å²) < 4.78 is 0. The number of nitrogens with zero attached hydrogens (tertiary/aromatic N) is 4. The fraction of sp³-hybridized carbons (Fsp3) is 0.105. The van der Waals surface area contributed by atoms with Gasteiger partial charge in [-0.3, -0.25) is 9.59 Å². The fourth-order valence-corrected chi connectivity index (χ4v) is 2.73. The number of aryl methyl sites for hydroxylation is 2. The molecule has 2 aromatic rings. The Bertz CT molecular complexity index is 1040. The minimum Gasteiger partial charge on any atom is -0.262 e. The lowest BCUT2D eigenvalue weighted by molar-refractivity contribution is -0.133. The summed E-state index contributed by atoms with van der Waals surface area (Å²) in [5.41, 5.74) is 1.87. The normalized spacial score (nSPS) is 13.4. The molecule has 0 aromatic heterocycles. The number of hydrogen-bond donors (Lipinski definition) is 0. The van der Waals surface area contributed by atoms with Crippen LogP contribution in [0.25, 0.3) is 0 Å². The molecule has 138 valence electrons. The Morgan fingerprint density at radius 1 is 0.714 bits per heavy atom. The van der Waals surface area contributed by atoms with Crippen molar-refractivity contribution in [3.05, 3.63) is 47.5 Å². The molecule has 9 nitrogen and oxygen atoms in total. The van der Waals surface area contributed by atoms with Gasteiger partial charge in [0.2, 0.25) is 12.2 Å². The van der Waals surface area contributed by atoms with E-state index in [2.05, 4.69) is 9.98 Å². The highest BCUT2D eigenvalue weighted by Gasteiger charge is 2.46. The molecule has 1 aliphatic heterocycles. The Labute approximate surface area is 158 Å². The fourth-order valence-electron chi connectivity index (χ4n) is 2.73. The van der Waals surface area contributed by atoms with Crippen LogP contribution in [0.3, 0.4) is 0 Å². The van der Waals surface area contributed by atoms with E-state index in [1.165, 1.54) is 36.4 Å². The Morgan fingerprint density at radius 3 is 1.46 bits per heavy atom. The lowest BCUT2D eigenvalue weighted by Crippen LogP contribution is -2.33. The van der Waals surface area contributed by atoms with Gasteiger partial charge in [-0.05, 0) is 49.2 Å². The first-order valence-electron chi connectivity index (χ1n) is 7.98. The van der Waals surface area contributed by atoms with Crippen molar-refractivity contribution < 1.29 is 24.0 Å². The number of benzene rings is 2. The maximum absolute atomic E-state index is 12.8. The molecule has 1 aliphatic rings. The third-order valence-corrected chi connectivity index (χ3v) is 4.21. The van der Waals surface area contributed by atoms with Crippen molar-refractivity contribution >= 4 is 52.8 Å². The number of aliphatic imine (C=N–C) groups is 2. The highest BCUT2D eigenvalue weighted by Crippen LogP contribution is 2.32. The summed E-state index contributed by atoms with van der Waals surface area (Å²) in [6.45, 7) is 3.37. The van der Waals surface area contributed by atoms with Gasteiger partial charge in [-0.2, -0.15) is 9.98 Å². The van der Waals surface area contributed by atoms with E-state index in [4.69, 9.17) is 0 Å². The SMILES string of the molecule is Cc1ccc(N2C(=O)C(=O)N(c3ccc(C)c(N=C=O)c3)C2=O)cc1N=C=O. The lowest BCUT2D eigenvalue weighted by Gasteiger charge is -2.16. The zero-order valence-corrected chi connectivity index (χ0v) is 14.8. The zero-order valence-electron chi connectivity index (χ0n) is 14.8. The Morgan fingerprint density at radius 2 is 1.11 bits per heavy atom. The van der Waals surface area contributed by atoms with Gasteiger partial charge in [-0.15, -0.1) is 0 Å². The Balaban J connectivity index is 2.06. The van der Waals surface area contributed by atoms with Gasteiger partial charge in [0.25, 0.3) is 0 Å². The summed E-state index contributed by atoms with van der Waals surface area (Å²) in [4.78, 5) is 67.3. The van der Waals surface area contributed by atoms with Gasteiger partial charge in [-0.25, -0.2) is 24.2 Å². The molecule has 1 heterocycles. The van der Waals surface area contributed by atoms with Crippen molar-refractivity contribution in [2.75, 3.05) is 9.80 Å². The molecule has 3 rings (SSSR count). The summed E-state index contributed by atoms with van der Waals surface area (Å²) in [5.74, 6) is -2.12. The molecule has 4 amide bonds. The van der Waals surface area contributed by atoms with Crippen molar-refractivity contribution in [3.8, 4) is 0 Å². The van der Waals surface area contributed by atoms with Crippen LogP contribution in [0.2, 0.25) is 0 Å². The third-order valence-electron chi connectivity index (χ3n) is 4.21. The minimum atomic E-state index is -1.06. The molecule has 0 unspecified atom stereocenters. The van der Waals surface area contributed by atoms with Crippen molar-refractivity contribution in [1.82, 2.24) is 0 Å². The Kier molecular flexibility index (Phi) is 4.78. The van der Waals surface area contributed by atoms with Crippen molar-refractivity contribution in [2.45, 2.75) is 13.8 Å². The second-order valence-corrected chi connectivity index (χ2v) is 5.91. The zero-order chi connectivity index (χ0) is 20.4. The van der Waals surface area contributed by atoms with Gasteiger partial charge in [0.15, 0.2) is 0 Å². The van der Waals surface area contributed by atoms with Gasteiger partial charge >= 0.3 is 17.8 Å². The molecule has 0 N–H and O–H groups in total. The number of amides is 4. The molecule has 0 saturated carbocycles. The van der Waals surface area contributed by atoms with E-state index in [-0.39, 0.29) is 22.7 Å². The first-order valence-corrected chi connectivity index (χ1v) is 7.98. The number of rotatable bonds is 4. The van der Waals surface area contributed by atoms with Crippen molar-refractivity contribution in [3.63, 3.8) is 0 Å². The van der Waals surface area contributed by atoms with Crippen LogP contribution >= 0.6 is 0 Å². The van der Waals surface area contributed by atoms with E-state index in [9.17, 15) is 24.0 Å². The molecule has 0 atom stereocenters. The summed E-state index contributed by atoms with van der Waals surface area (Å²) in [6.07, 6.45) is 2.80. The second kappa shape index (κ2) is 7.20. The summed E-state index contributed by atoms with van der Waals surface area (Å²) in [7, 11) is 0. The van der Waals surface area contributed by atoms with E-state index < -0.39 is 17.8 Å². The van der Waals surface area contributed by atoms with Crippen LogP contribution in [0.5, 0.6) is 0 Å². The molecule has 0 spiro atoms. The summed E-state index contributed by atoms with van der Waals surface area (Å²) in [5, 5.41) is 0. The van der Waals surface area contributed by atoms with E-state index in [0.717, 1.165) is 0 Å². The smallest absolute Gasteiger partial charge is 0.262 e. The third kappa shape index (κ3) is 3.03. The van der Waals surface area contributed by atoms with E-state index in [1.807, 2.05) is 0 Å². The van der Waals surface area contributed by atoms with E-state index in [0.29, 0.717) is 20.9 Å². The van der Waals surface area contributed by atoms with Crippen LogP contribution in [0.1, 0.15) is 11.1 Å². The van der Waals surface area contributed by atoms with E-state index in [1.54, 1.807) is 26.0 Å². The average Bonchev–Trinajstić information content (AvgIpc) is 2.89. The van der Waals surface area contributed by atoms with Crippen molar-refractivity contribution in [2.24, 2.45) is 9.98 Å². The molecule has 1 fully saturated rings. The predicted octanol–water partition coefficient (Wildman–Crippen LogP) is 2.74. The monoisotopic (exact) mass is 376 g/mol. The molecule has 2 aromatic carbocycles. The lowest BCUT2D eigenvalue weighted by atomic mass is 10.1. The molecule has 9 heteroatoms. The molecule has 1 saturated heterocycles. The number of anilines is 2. The number of carbonyl (C=O) groups is 3. The van der Waals surface area contributed by atoms with Crippen LogP contribution in [-0.4, -0.2) is 30.0 Å². The number of hydrogen-bond acceptors (Lipinski definition) is 7. The van der Waals surface area contributed by atoms with Crippen LogP contribution in [-0.2, 0) is 19.2 Å². The van der Waals surface area contributed by atoms with Gasteiger partial charge in [0, 0.05) is 0 Å². The number of isocyanates is 2. The molecule has 0 radical (unpaired) electrons. The van der Waals surface area contributed by atoms with E-state index >= 15 is 0 Å². The summed E-state index contributed by atoms with van der Waals surface area (Å²) in [6, 6.07) is 7.81. The molecule has 0 bridgehead atoms.